The first kappa shape index (κ1) is 21.2. The predicted octanol–water partition coefficient (Wildman–Crippen LogP) is 1.19. The van der Waals surface area contributed by atoms with Gasteiger partial charge in [-0.25, -0.2) is 13.4 Å². The number of rotatable bonds is 2. The van der Waals surface area contributed by atoms with Gasteiger partial charge in [0.1, 0.15) is 0 Å². The van der Waals surface area contributed by atoms with Gasteiger partial charge in [0.2, 0.25) is 0 Å². The van der Waals surface area contributed by atoms with Crippen LogP contribution in [0.2, 0.25) is 0 Å². The van der Waals surface area contributed by atoms with Gasteiger partial charge in [-0.2, -0.15) is 0 Å². The molecule has 8 nitrogen and oxygen atoms in total. The van der Waals surface area contributed by atoms with E-state index in [4.69, 9.17) is 13.0 Å². The lowest BCUT2D eigenvalue weighted by atomic mass is 10.1. The molecule has 0 atom stereocenters. The lowest BCUT2D eigenvalue weighted by Gasteiger charge is -2.33. The second kappa shape index (κ2) is 8.48. The number of nitrogens with one attached hydrogen (secondary N) is 2. The van der Waals surface area contributed by atoms with Crippen molar-refractivity contribution in [3.05, 3.63) is 46.8 Å². The number of benzene rings is 1. The summed E-state index contributed by atoms with van der Waals surface area (Å²) in [5.41, 5.74) is 1.81. The number of nitrogens with zero attached hydrogens (tertiary/aromatic N) is 2. The molecule has 1 saturated heterocycles. The Labute approximate surface area is 169 Å². The summed E-state index contributed by atoms with van der Waals surface area (Å²) in [5.74, 6) is 1.11. The number of hydrogen-bond acceptors (Lipinski definition) is 6. The summed E-state index contributed by atoms with van der Waals surface area (Å²) in [6.07, 6.45) is 0.604. The largest absolute Gasteiger partial charge is 0.748 e. The van der Waals surface area contributed by atoms with Crippen molar-refractivity contribution < 1.29 is 18.0 Å². The van der Waals surface area contributed by atoms with Crippen molar-refractivity contribution in [1.29, 1.82) is 0 Å². The zero-order valence-corrected chi connectivity index (χ0v) is 17.6. The van der Waals surface area contributed by atoms with Crippen LogP contribution in [0.3, 0.4) is 0 Å². The number of H-pyrrole nitrogens is 2. The Balaban J connectivity index is 0.000000431. The lowest BCUT2D eigenvalue weighted by molar-refractivity contribution is -0.329. The highest BCUT2D eigenvalue weighted by Crippen LogP contribution is 2.20. The number of pyridine rings is 2. The van der Waals surface area contributed by atoms with Gasteiger partial charge < -0.3 is 9.54 Å². The summed E-state index contributed by atoms with van der Waals surface area (Å²) < 4.78 is 27.2. The van der Waals surface area contributed by atoms with Gasteiger partial charge in [-0.3, -0.25) is 14.6 Å². The van der Waals surface area contributed by atoms with Crippen LogP contribution in [-0.4, -0.2) is 61.3 Å². The summed E-state index contributed by atoms with van der Waals surface area (Å²) in [5, 5.41) is 1.70. The normalized spacial score (nSPS) is 15.6. The summed E-state index contributed by atoms with van der Waals surface area (Å²) in [6, 6.07) is 12.4. The van der Waals surface area contributed by atoms with E-state index in [-0.39, 0.29) is 5.56 Å². The highest BCUT2D eigenvalue weighted by molar-refractivity contribution is 7.84. The molecule has 0 aliphatic carbocycles. The van der Waals surface area contributed by atoms with Crippen molar-refractivity contribution in [2.24, 2.45) is 0 Å². The van der Waals surface area contributed by atoms with E-state index in [0.29, 0.717) is 12.3 Å². The third-order valence-electron chi connectivity index (χ3n) is 5.00. The van der Waals surface area contributed by atoms with Crippen LogP contribution >= 0.6 is 0 Å². The highest BCUT2D eigenvalue weighted by atomic mass is 32.2. The molecular weight excluding hydrogens is 392 g/mol. The van der Waals surface area contributed by atoms with Crippen molar-refractivity contribution in [2.75, 3.05) is 37.3 Å². The van der Waals surface area contributed by atoms with Crippen LogP contribution in [0.25, 0.3) is 21.8 Å². The molecule has 3 aromatic rings. The van der Waals surface area contributed by atoms with Gasteiger partial charge in [0.25, 0.3) is 11.4 Å². The van der Waals surface area contributed by atoms with Crippen LogP contribution in [0, 0.1) is 0 Å². The Bertz CT molecular complexity index is 1160. The molecule has 0 saturated carbocycles. The van der Waals surface area contributed by atoms with Crippen molar-refractivity contribution in [1.82, 2.24) is 9.88 Å². The third kappa shape index (κ3) is 5.31. The summed E-state index contributed by atoms with van der Waals surface area (Å²) >= 11 is 0. The molecule has 1 aliphatic heterocycles. The first-order valence-electron chi connectivity index (χ1n) is 9.50. The zero-order valence-electron chi connectivity index (χ0n) is 16.8. The summed E-state index contributed by atoms with van der Waals surface area (Å²) in [7, 11) is -3.92. The molecule has 0 bridgehead atoms. The Morgan fingerprint density at radius 3 is 2.21 bits per heavy atom. The minimum Gasteiger partial charge on any atom is -0.748 e. The molecule has 0 spiro atoms. The van der Waals surface area contributed by atoms with Crippen LogP contribution in [0.4, 0.5) is 5.82 Å². The zero-order chi connectivity index (χ0) is 21.2. The van der Waals surface area contributed by atoms with E-state index in [9.17, 15) is 4.79 Å². The fourth-order valence-corrected chi connectivity index (χ4v) is 3.55. The van der Waals surface area contributed by atoms with E-state index in [1.54, 1.807) is 0 Å². The monoisotopic (exact) mass is 418 g/mol. The molecule has 156 valence electrons. The van der Waals surface area contributed by atoms with Gasteiger partial charge in [-0.1, -0.05) is 12.1 Å². The Hall–Kier alpha value is -2.49. The van der Waals surface area contributed by atoms with Gasteiger partial charge in [-0.15, -0.1) is 0 Å². The highest BCUT2D eigenvalue weighted by Gasteiger charge is 2.25. The van der Waals surface area contributed by atoms with E-state index in [1.165, 1.54) is 0 Å². The minimum absolute atomic E-state index is 0.0372. The SMILES string of the molecule is CC(C)N1CCN(c2ccc3[nH]c(=O)c4ccccc4c3[nH+]2)CC1.CS(=O)(=O)[O-]. The van der Waals surface area contributed by atoms with Crippen molar-refractivity contribution >= 4 is 37.7 Å². The van der Waals surface area contributed by atoms with Crippen LogP contribution < -0.4 is 15.4 Å². The van der Waals surface area contributed by atoms with Gasteiger partial charge in [0.15, 0.2) is 5.52 Å². The molecule has 3 heterocycles. The minimum atomic E-state index is -3.92. The van der Waals surface area contributed by atoms with E-state index in [1.807, 2.05) is 30.3 Å². The van der Waals surface area contributed by atoms with E-state index < -0.39 is 10.1 Å². The van der Waals surface area contributed by atoms with Crippen molar-refractivity contribution in [2.45, 2.75) is 19.9 Å². The Morgan fingerprint density at radius 2 is 1.62 bits per heavy atom. The number of aromatic nitrogens is 2. The van der Waals surface area contributed by atoms with Gasteiger partial charge in [0.05, 0.1) is 34.1 Å². The molecule has 1 aromatic carbocycles. The van der Waals surface area contributed by atoms with Gasteiger partial charge >= 0.3 is 0 Å². The standard InChI is InChI=1S/C19H22N4O.CH4O3S/c1-13(2)22-9-11-23(12-10-22)17-8-7-16-18(21-17)14-5-3-4-6-15(14)19(24)20-16;1-5(2,3)4/h3-8,13H,9-12H2,1-2H3,(H,20,24);1H3,(H,2,3,4). The fourth-order valence-electron chi connectivity index (χ4n) is 3.55. The lowest BCUT2D eigenvalue weighted by Crippen LogP contribution is -2.50. The molecule has 0 unspecified atom stereocenters. The van der Waals surface area contributed by atoms with Crippen LogP contribution in [0.1, 0.15) is 13.8 Å². The molecule has 4 rings (SSSR count). The molecular formula is C20H26N4O4S. The van der Waals surface area contributed by atoms with Crippen molar-refractivity contribution in [3.8, 4) is 0 Å². The van der Waals surface area contributed by atoms with Crippen LogP contribution in [-0.2, 0) is 10.1 Å². The topological polar surface area (TPSA) is 111 Å². The number of piperazine rings is 1. The summed E-state index contributed by atoms with van der Waals surface area (Å²) in [6.45, 7) is 8.69. The fraction of sp³-hybridized carbons (Fsp3) is 0.400. The van der Waals surface area contributed by atoms with Gasteiger partial charge in [-0.05, 0) is 32.0 Å². The molecule has 1 aliphatic rings. The predicted molar refractivity (Wildman–Crippen MR) is 113 cm³/mol. The molecule has 0 radical (unpaired) electrons. The van der Waals surface area contributed by atoms with E-state index in [0.717, 1.165) is 53.8 Å². The molecule has 9 heteroatoms. The van der Waals surface area contributed by atoms with E-state index in [2.05, 4.69) is 39.7 Å². The maximum Gasteiger partial charge on any atom is 0.274 e. The second-order valence-electron chi connectivity index (χ2n) is 7.45. The van der Waals surface area contributed by atoms with Crippen molar-refractivity contribution in [3.63, 3.8) is 0 Å². The molecule has 2 aromatic heterocycles. The second-order valence-corrected chi connectivity index (χ2v) is 8.86. The van der Waals surface area contributed by atoms with Crippen LogP contribution in [0.15, 0.2) is 41.2 Å². The maximum atomic E-state index is 12.2. The van der Waals surface area contributed by atoms with Crippen LogP contribution in [0.5, 0.6) is 0 Å². The average Bonchev–Trinajstić information content (AvgIpc) is 2.67. The van der Waals surface area contributed by atoms with E-state index >= 15 is 0 Å². The number of aromatic amines is 2. The number of anilines is 1. The molecule has 0 amide bonds. The molecule has 2 N–H and O–H groups in total. The quantitative estimate of drug-likeness (QED) is 0.494. The molecule has 1 fully saturated rings. The van der Waals surface area contributed by atoms with Gasteiger partial charge in [0, 0.05) is 36.8 Å². The maximum absolute atomic E-state index is 12.2. The first-order valence-corrected chi connectivity index (χ1v) is 11.3. The molecule has 29 heavy (non-hydrogen) atoms. The number of hydrogen-bond donors (Lipinski definition) is 1. The summed E-state index contributed by atoms with van der Waals surface area (Å²) in [4.78, 5) is 23.6. The number of fused-ring (bicyclic) bond motifs is 3. The average molecular weight is 419 g/mol. The smallest absolute Gasteiger partial charge is 0.274 e. The first-order chi connectivity index (χ1) is 13.6. The Kier molecular flexibility index (Phi) is 6.21. The Morgan fingerprint density at radius 1 is 1.03 bits per heavy atom. The third-order valence-corrected chi connectivity index (χ3v) is 5.00.